The molecule has 1 amide bonds. The second-order valence-electron chi connectivity index (χ2n) is 5.56. The molecule has 4 aromatic rings. The molecule has 0 radical (unpaired) electrons. The summed E-state index contributed by atoms with van der Waals surface area (Å²) in [5.41, 5.74) is 3.13. The van der Waals surface area contributed by atoms with Gasteiger partial charge >= 0.3 is 0 Å². The Labute approximate surface area is 147 Å². The summed E-state index contributed by atoms with van der Waals surface area (Å²) in [4.78, 5) is 17.4. The first kappa shape index (κ1) is 15.2. The Hall–Kier alpha value is -2.37. The molecule has 2 aromatic carbocycles. The highest BCUT2D eigenvalue weighted by Gasteiger charge is 2.18. The van der Waals surface area contributed by atoms with Gasteiger partial charge < -0.3 is 9.73 Å². The molecule has 4 rings (SSSR count). The first-order valence-electron chi connectivity index (χ1n) is 7.39. The molecule has 0 unspecified atom stereocenters. The number of amides is 1. The monoisotopic (exact) mass is 356 g/mol. The van der Waals surface area contributed by atoms with Crippen molar-refractivity contribution >= 4 is 55.7 Å². The molecule has 120 valence electrons. The molecule has 6 heteroatoms. The molecule has 4 nitrogen and oxygen atoms in total. The number of oxazole rings is 1. The Morgan fingerprint density at radius 2 is 2.08 bits per heavy atom. The molecule has 1 N–H and O–H groups in total. The molecule has 24 heavy (non-hydrogen) atoms. The molecular weight excluding hydrogens is 344 g/mol. The minimum absolute atomic E-state index is 0.222. The highest BCUT2D eigenvalue weighted by atomic mass is 35.5. The minimum Gasteiger partial charge on any atom is -0.441 e. The van der Waals surface area contributed by atoms with Crippen LogP contribution in [0, 0.1) is 13.8 Å². The maximum Gasteiger partial charge on any atom is 0.267 e. The molecule has 0 saturated heterocycles. The summed E-state index contributed by atoms with van der Waals surface area (Å²) in [6.45, 7) is 3.78. The first-order chi connectivity index (χ1) is 11.5. The average Bonchev–Trinajstić information content (AvgIpc) is 3.07. The fraction of sp³-hybridized carbons (Fsp3) is 0.111. The van der Waals surface area contributed by atoms with E-state index in [-0.39, 0.29) is 5.91 Å². The van der Waals surface area contributed by atoms with Crippen LogP contribution in [0.5, 0.6) is 0 Å². The number of anilines is 1. The van der Waals surface area contributed by atoms with E-state index >= 15 is 0 Å². The number of thiophene rings is 1. The average molecular weight is 357 g/mol. The highest BCUT2D eigenvalue weighted by Crippen LogP contribution is 2.37. The van der Waals surface area contributed by atoms with Crippen molar-refractivity contribution in [1.82, 2.24) is 4.98 Å². The number of aromatic nitrogens is 1. The van der Waals surface area contributed by atoms with E-state index in [0.29, 0.717) is 32.6 Å². The lowest BCUT2D eigenvalue weighted by Gasteiger charge is -2.03. The lowest BCUT2D eigenvalue weighted by Crippen LogP contribution is -2.10. The summed E-state index contributed by atoms with van der Waals surface area (Å²) in [6, 6.07) is 11.3. The zero-order valence-corrected chi connectivity index (χ0v) is 14.6. The fourth-order valence-electron chi connectivity index (χ4n) is 2.73. The lowest BCUT2D eigenvalue weighted by molar-refractivity contribution is 0.103. The van der Waals surface area contributed by atoms with Crippen molar-refractivity contribution in [3.05, 3.63) is 57.8 Å². The van der Waals surface area contributed by atoms with E-state index in [1.807, 2.05) is 25.1 Å². The molecule has 0 fully saturated rings. The molecule has 0 aliphatic heterocycles. The minimum atomic E-state index is -0.222. The second-order valence-corrected chi connectivity index (χ2v) is 6.99. The molecule has 0 aliphatic carbocycles. The Morgan fingerprint density at radius 3 is 2.88 bits per heavy atom. The van der Waals surface area contributed by atoms with Crippen LogP contribution in [0.4, 0.5) is 5.69 Å². The highest BCUT2D eigenvalue weighted by molar-refractivity contribution is 7.21. The van der Waals surface area contributed by atoms with E-state index in [1.165, 1.54) is 11.3 Å². The number of carbonyl (C=O) groups excluding carboxylic acids is 1. The predicted octanol–water partition coefficient (Wildman–Crippen LogP) is 5.57. The summed E-state index contributed by atoms with van der Waals surface area (Å²) in [5, 5.41) is 4.33. The predicted molar refractivity (Wildman–Crippen MR) is 98.3 cm³/mol. The van der Waals surface area contributed by atoms with Crippen LogP contribution in [0.25, 0.3) is 21.2 Å². The van der Waals surface area contributed by atoms with E-state index < -0.39 is 0 Å². The van der Waals surface area contributed by atoms with Crippen molar-refractivity contribution in [2.45, 2.75) is 13.8 Å². The quantitative estimate of drug-likeness (QED) is 0.511. The van der Waals surface area contributed by atoms with E-state index in [2.05, 4.69) is 10.3 Å². The maximum atomic E-state index is 12.6. The van der Waals surface area contributed by atoms with Crippen LogP contribution >= 0.6 is 22.9 Å². The van der Waals surface area contributed by atoms with Crippen LogP contribution in [0.15, 0.2) is 40.8 Å². The van der Waals surface area contributed by atoms with Gasteiger partial charge in [-0.15, -0.1) is 11.3 Å². The van der Waals surface area contributed by atoms with E-state index in [1.54, 1.807) is 25.1 Å². The van der Waals surface area contributed by atoms with Gasteiger partial charge in [-0.1, -0.05) is 23.7 Å². The van der Waals surface area contributed by atoms with Gasteiger partial charge in [0.15, 0.2) is 11.5 Å². The molecule has 0 saturated carbocycles. The lowest BCUT2D eigenvalue weighted by atomic mass is 10.1. The third-order valence-electron chi connectivity index (χ3n) is 3.82. The van der Waals surface area contributed by atoms with Crippen LogP contribution in [-0.2, 0) is 0 Å². The van der Waals surface area contributed by atoms with Gasteiger partial charge in [-0.3, -0.25) is 4.79 Å². The van der Waals surface area contributed by atoms with Gasteiger partial charge in [0.2, 0.25) is 0 Å². The maximum absolute atomic E-state index is 12.6. The Morgan fingerprint density at radius 1 is 1.25 bits per heavy atom. The van der Waals surface area contributed by atoms with Crippen LogP contribution in [0.3, 0.4) is 0 Å². The Bertz CT molecular complexity index is 1100. The van der Waals surface area contributed by atoms with Crippen molar-refractivity contribution in [3.8, 4) is 0 Å². The molecule has 0 bridgehead atoms. The second kappa shape index (κ2) is 5.61. The number of fused-ring (bicyclic) bond motifs is 2. The number of halogens is 1. The SMILES string of the molecule is Cc1nc2cc(NC(=O)c3sc4cccc(C)c4c3Cl)ccc2o1. The fourth-order valence-corrected chi connectivity index (χ4v) is 4.31. The Balaban J connectivity index is 1.70. The number of hydrogen-bond acceptors (Lipinski definition) is 4. The summed E-state index contributed by atoms with van der Waals surface area (Å²) >= 11 is 7.84. The summed E-state index contributed by atoms with van der Waals surface area (Å²) in [7, 11) is 0. The zero-order chi connectivity index (χ0) is 16.8. The van der Waals surface area contributed by atoms with Crippen LogP contribution in [0.1, 0.15) is 21.1 Å². The van der Waals surface area contributed by atoms with E-state index in [9.17, 15) is 4.79 Å². The summed E-state index contributed by atoms with van der Waals surface area (Å²) < 4.78 is 6.45. The number of rotatable bonds is 2. The van der Waals surface area contributed by atoms with Crippen LogP contribution in [-0.4, -0.2) is 10.9 Å². The molecule has 2 aromatic heterocycles. The van der Waals surface area contributed by atoms with Crippen molar-refractivity contribution in [2.24, 2.45) is 0 Å². The normalized spacial score (nSPS) is 11.3. The largest absolute Gasteiger partial charge is 0.441 e. The van der Waals surface area contributed by atoms with Crippen molar-refractivity contribution in [3.63, 3.8) is 0 Å². The zero-order valence-electron chi connectivity index (χ0n) is 13.0. The molecule has 0 spiro atoms. The number of nitrogens with zero attached hydrogens (tertiary/aromatic N) is 1. The first-order valence-corrected chi connectivity index (χ1v) is 8.58. The summed E-state index contributed by atoms with van der Waals surface area (Å²) in [5.74, 6) is 0.372. The molecule has 0 aliphatic rings. The topological polar surface area (TPSA) is 55.1 Å². The van der Waals surface area contributed by atoms with Gasteiger partial charge in [-0.05, 0) is 36.8 Å². The smallest absolute Gasteiger partial charge is 0.267 e. The van der Waals surface area contributed by atoms with Crippen molar-refractivity contribution in [1.29, 1.82) is 0 Å². The number of aryl methyl sites for hydroxylation is 2. The summed E-state index contributed by atoms with van der Waals surface area (Å²) in [6.07, 6.45) is 0. The third-order valence-corrected chi connectivity index (χ3v) is 5.47. The molecule has 0 atom stereocenters. The van der Waals surface area contributed by atoms with Gasteiger partial charge in [-0.25, -0.2) is 4.98 Å². The third kappa shape index (κ3) is 2.46. The Kier molecular flexibility index (Phi) is 3.55. The van der Waals surface area contributed by atoms with Gasteiger partial charge in [0.05, 0.1) is 5.02 Å². The number of benzene rings is 2. The van der Waals surface area contributed by atoms with Crippen LogP contribution < -0.4 is 5.32 Å². The van der Waals surface area contributed by atoms with Gasteiger partial charge in [0.1, 0.15) is 10.4 Å². The van der Waals surface area contributed by atoms with Gasteiger partial charge in [0, 0.05) is 22.7 Å². The molecule has 2 heterocycles. The molecular formula is C18H13ClN2O2S. The van der Waals surface area contributed by atoms with Gasteiger partial charge in [0.25, 0.3) is 5.91 Å². The van der Waals surface area contributed by atoms with Crippen molar-refractivity contribution < 1.29 is 9.21 Å². The van der Waals surface area contributed by atoms with E-state index in [4.69, 9.17) is 16.0 Å². The van der Waals surface area contributed by atoms with Crippen molar-refractivity contribution in [2.75, 3.05) is 5.32 Å². The standard InChI is InChI=1S/C18H13ClN2O2S/c1-9-4-3-5-14-15(9)16(19)17(24-14)18(22)21-11-6-7-13-12(8-11)20-10(2)23-13/h3-8H,1-2H3,(H,21,22). The van der Waals surface area contributed by atoms with E-state index in [0.717, 1.165) is 15.6 Å². The van der Waals surface area contributed by atoms with Gasteiger partial charge in [-0.2, -0.15) is 0 Å². The van der Waals surface area contributed by atoms with Crippen LogP contribution in [0.2, 0.25) is 5.02 Å². The number of carbonyl (C=O) groups is 1. The number of hydrogen-bond donors (Lipinski definition) is 1. The number of nitrogens with one attached hydrogen (secondary N) is 1.